The molecule has 10 rings (SSSR count). The van der Waals surface area contributed by atoms with Gasteiger partial charge >= 0.3 is 0 Å². The van der Waals surface area contributed by atoms with Gasteiger partial charge in [0.05, 0.1) is 16.7 Å². The number of hydrogen-bond acceptors (Lipinski definition) is 2. The Labute approximate surface area is 295 Å². The van der Waals surface area contributed by atoms with Crippen molar-refractivity contribution in [2.45, 2.75) is 0 Å². The van der Waals surface area contributed by atoms with E-state index in [1.54, 1.807) is 0 Å². The molecule has 240 valence electrons. The van der Waals surface area contributed by atoms with Crippen molar-refractivity contribution < 1.29 is 4.42 Å². The highest BCUT2D eigenvalue weighted by Gasteiger charge is 2.20. The van der Waals surface area contributed by atoms with Crippen LogP contribution in [0.1, 0.15) is 0 Å². The third kappa shape index (κ3) is 4.90. The minimum absolute atomic E-state index is 0.867. The number of hydrogen-bond donors (Lipinski definition) is 0. The van der Waals surface area contributed by atoms with Gasteiger partial charge in [0.25, 0.3) is 0 Å². The molecule has 10 aromatic rings. The van der Waals surface area contributed by atoms with Crippen LogP contribution in [0.3, 0.4) is 0 Å². The molecule has 0 N–H and O–H groups in total. The monoisotopic (exact) mass is 652 g/mol. The normalized spacial score (nSPS) is 11.5. The lowest BCUT2D eigenvalue weighted by atomic mass is 10.00. The van der Waals surface area contributed by atoms with Gasteiger partial charge in [-0.3, -0.25) is 0 Å². The summed E-state index contributed by atoms with van der Waals surface area (Å²) in [5.74, 6) is 0. The van der Waals surface area contributed by atoms with Gasteiger partial charge in [0.1, 0.15) is 11.2 Å². The molecule has 51 heavy (non-hydrogen) atoms. The minimum Gasteiger partial charge on any atom is -0.456 e. The van der Waals surface area contributed by atoms with Gasteiger partial charge in [-0.05, 0) is 77.4 Å². The summed E-state index contributed by atoms with van der Waals surface area (Å²) in [6, 6.07) is 69.2. The molecule has 0 saturated carbocycles. The highest BCUT2D eigenvalue weighted by molar-refractivity contribution is 6.09. The van der Waals surface area contributed by atoms with Gasteiger partial charge in [0, 0.05) is 50.2 Å². The second kappa shape index (κ2) is 11.9. The van der Waals surface area contributed by atoms with E-state index in [1.807, 2.05) is 12.1 Å². The average molecular weight is 653 g/mol. The average Bonchev–Trinajstić information content (AvgIpc) is 3.74. The van der Waals surface area contributed by atoms with Crippen molar-refractivity contribution in [3.8, 4) is 27.9 Å². The van der Waals surface area contributed by atoms with Crippen LogP contribution in [0, 0.1) is 0 Å². The van der Waals surface area contributed by atoms with Gasteiger partial charge in [-0.1, -0.05) is 127 Å². The smallest absolute Gasteiger partial charge is 0.137 e. The van der Waals surface area contributed by atoms with Crippen molar-refractivity contribution in [1.82, 2.24) is 4.57 Å². The molecule has 0 aliphatic heterocycles. The minimum atomic E-state index is 0.867. The fraction of sp³-hybridized carbons (Fsp3) is 0. The molecule has 0 bridgehead atoms. The molecule has 0 fully saturated rings. The van der Waals surface area contributed by atoms with Crippen LogP contribution in [0.4, 0.5) is 17.1 Å². The van der Waals surface area contributed by atoms with E-state index in [1.165, 1.54) is 21.8 Å². The molecule has 0 unspecified atom stereocenters. The van der Waals surface area contributed by atoms with Crippen LogP contribution in [0.15, 0.2) is 199 Å². The van der Waals surface area contributed by atoms with Crippen molar-refractivity contribution >= 4 is 60.8 Å². The molecule has 8 aromatic carbocycles. The first kappa shape index (κ1) is 29.1. The number of fused-ring (bicyclic) bond motifs is 6. The largest absolute Gasteiger partial charge is 0.456 e. The Bertz CT molecular complexity index is 2830. The van der Waals surface area contributed by atoms with Crippen LogP contribution in [-0.4, -0.2) is 4.57 Å². The van der Waals surface area contributed by atoms with Crippen molar-refractivity contribution in [2.75, 3.05) is 4.90 Å². The van der Waals surface area contributed by atoms with E-state index in [4.69, 9.17) is 4.42 Å². The van der Waals surface area contributed by atoms with Crippen LogP contribution in [0.2, 0.25) is 0 Å². The zero-order chi connectivity index (χ0) is 33.7. The molecule has 3 nitrogen and oxygen atoms in total. The topological polar surface area (TPSA) is 21.3 Å². The summed E-state index contributed by atoms with van der Waals surface area (Å²) in [5, 5.41) is 4.76. The maximum Gasteiger partial charge on any atom is 0.137 e. The maximum absolute atomic E-state index is 6.40. The Morgan fingerprint density at radius 1 is 0.373 bits per heavy atom. The van der Waals surface area contributed by atoms with Crippen LogP contribution in [-0.2, 0) is 0 Å². The first-order chi connectivity index (χ1) is 25.3. The second-order valence-electron chi connectivity index (χ2n) is 13.0. The van der Waals surface area contributed by atoms with Crippen LogP contribution >= 0.6 is 0 Å². The van der Waals surface area contributed by atoms with E-state index < -0.39 is 0 Å². The summed E-state index contributed by atoms with van der Waals surface area (Å²) in [7, 11) is 0. The van der Waals surface area contributed by atoms with Crippen LogP contribution in [0.25, 0.3) is 71.7 Å². The summed E-state index contributed by atoms with van der Waals surface area (Å²) in [6.45, 7) is 0. The van der Waals surface area contributed by atoms with Gasteiger partial charge in [0.2, 0.25) is 0 Å². The van der Waals surface area contributed by atoms with Gasteiger partial charge in [-0.25, -0.2) is 0 Å². The zero-order valence-electron chi connectivity index (χ0n) is 27.8. The molecule has 0 atom stereocenters. The fourth-order valence-electron chi connectivity index (χ4n) is 7.66. The zero-order valence-corrected chi connectivity index (χ0v) is 27.8. The predicted molar refractivity (Wildman–Crippen MR) is 214 cm³/mol. The Hall–Kier alpha value is -6.84. The Morgan fingerprint density at radius 2 is 0.961 bits per heavy atom. The van der Waals surface area contributed by atoms with Crippen molar-refractivity contribution in [3.05, 3.63) is 194 Å². The summed E-state index contributed by atoms with van der Waals surface area (Å²) in [4.78, 5) is 2.36. The number of furan rings is 1. The molecule has 0 spiro atoms. The lowest BCUT2D eigenvalue weighted by molar-refractivity contribution is 0.669. The van der Waals surface area contributed by atoms with E-state index in [0.717, 1.165) is 66.9 Å². The van der Waals surface area contributed by atoms with E-state index >= 15 is 0 Å². The molecular formula is C48H32N2O. The van der Waals surface area contributed by atoms with Gasteiger partial charge in [0.15, 0.2) is 0 Å². The molecule has 0 radical (unpaired) electrons. The summed E-state index contributed by atoms with van der Waals surface area (Å²) < 4.78 is 8.78. The number of benzene rings is 8. The van der Waals surface area contributed by atoms with Crippen molar-refractivity contribution in [3.63, 3.8) is 0 Å². The number of nitrogens with zero attached hydrogens (tertiary/aromatic N) is 2. The van der Waals surface area contributed by atoms with Crippen LogP contribution < -0.4 is 4.90 Å². The highest BCUT2D eigenvalue weighted by atomic mass is 16.3. The molecule has 0 saturated heterocycles. The molecule has 3 heteroatoms. The molecule has 0 amide bonds. The number of rotatable bonds is 6. The SMILES string of the molecule is c1ccc(-c2ccccc2N(c2cccc(-c3cccc(-n4c5ccccc5c5ccccc54)c3)c2)c2ccc3c(c2)oc2ccccc23)cc1. The Balaban J connectivity index is 1.15. The number of anilines is 3. The van der Waals surface area contributed by atoms with Crippen molar-refractivity contribution in [1.29, 1.82) is 0 Å². The van der Waals surface area contributed by atoms with Gasteiger partial charge < -0.3 is 13.9 Å². The standard InChI is InChI=1S/C48H32N2O/c1-2-14-33(15-3-1)39-20-4-8-24-44(39)49(38-28-29-43-42-23-7-11-27-47(42)51-48(43)32-38)36-18-12-16-34(30-36)35-17-13-19-37(31-35)50-45-25-9-5-21-40(45)41-22-6-10-26-46(41)50/h1-32H. The third-order valence-corrected chi connectivity index (χ3v) is 9.97. The second-order valence-corrected chi connectivity index (χ2v) is 13.0. The molecule has 2 aromatic heterocycles. The fourth-order valence-corrected chi connectivity index (χ4v) is 7.66. The number of para-hydroxylation sites is 4. The van der Waals surface area contributed by atoms with Gasteiger partial charge in [-0.2, -0.15) is 0 Å². The third-order valence-electron chi connectivity index (χ3n) is 9.97. The lowest BCUT2D eigenvalue weighted by Crippen LogP contribution is -2.11. The van der Waals surface area contributed by atoms with E-state index in [2.05, 4.69) is 191 Å². The number of aromatic nitrogens is 1. The Morgan fingerprint density at radius 3 is 1.76 bits per heavy atom. The first-order valence-corrected chi connectivity index (χ1v) is 17.4. The van der Waals surface area contributed by atoms with E-state index in [-0.39, 0.29) is 0 Å². The van der Waals surface area contributed by atoms with E-state index in [0.29, 0.717) is 0 Å². The van der Waals surface area contributed by atoms with Gasteiger partial charge in [-0.15, -0.1) is 0 Å². The quantitative estimate of drug-likeness (QED) is 0.178. The molecule has 0 aliphatic carbocycles. The predicted octanol–water partition coefficient (Wildman–Crippen LogP) is 13.5. The molecule has 2 heterocycles. The first-order valence-electron chi connectivity index (χ1n) is 17.4. The highest BCUT2D eigenvalue weighted by Crippen LogP contribution is 2.43. The summed E-state index contributed by atoms with van der Waals surface area (Å²) in [5.41, 5.74) is 13.1. The Kier molecular flexibility index (Phi) is 6.81. The summed E-state index contributed by atoms with van der Waals surface area (Å²) >= 11 is 0. The van der Waals surface area contributed by atoms with Crippen LogP contribution in [0.5, 0.6) is 0 Å². The van der Waals surface area contributed by atoms with Crippen molar-refractivity contribution in [2.24, 2.45) is 0 Å². The molecule has 0 aliphatic rings. The molecular weight excluding hydrogens is 621 g/mol. The summed E-state index contributed by atoms with van der Waals surface area (Å²) in [6.07, 6.45) is 0. The van der Waals surface area contributed by atoms with E-state index in [9.17, 15) is 0 Å². The maximum atomic E-state index is 6.40. The lowest BCUT2D eigenvalue weighted by Gasteiger charge is -2.28.